The van der Waals surface area contributed by atoms with E-state index in [0.717, 1.165) is 27.0 Å². The molecule has 1 N–H and O–H groups in total. The number of H-pyrrole nitrogens is 1. The summed E-state index contributed by atoms with van der Waals surface area (Å²) in [6.45, 7) is 0. The Bertz CT molecular complexity index is 602. The van der Waals surface area contributed by atoms with Crippen LogP contribution in [0.1, 0.15) is 0 Å². The number of rotatable bonds is 1. The number of hydrogen-bond acceptors (Lipinski definition) is 4. The number of aromatic amines is 1. The fourth-order valence-corrected chi connectivity index (χ4v) is 2.17. The molecule has 0 aliphatic carbocycles. The van der Waals surface area contributed by atoms with Gasteiger partial charge in [-0.15, -0.1) is 5.10 Å². The van der Waals surface area contributed by atoms with Crippen LogP contribution in [-0.2, 0) is 0 Å². The Labute approximate surface area is 97.7 Å². The van der Waals surface area contributed by atoms with Crippen molar-refractivity contribution in [3.63, 3.8) is 0 Å². The van der Waals surface area contributed by atoms with Crippen LogP contribution in [-0.4, -0.2) is 19.6 Å². The van der Waals surface area contributed by atoms with Crippen molar-refractivity contribution in [3.8, 4) is 11.5 Å². The molecule has 0 aliphatic heterocycles. The van der Waals surface area contributed by atoms with E-state index in [4.69, 9.17) is 0 Å². The van der Waals surface area contributed by atoms with E-state index >= 15 is 0 Å². The first-order valence-electron chi connectivity index (χ1n) is 4.25. The van der Waals surface area contributed by atoms with Crippen LogP contribution >= 0.6 is 27.5 Å². The van der Waals surface area contributed by atoms with Crippen LogP contribution in [0.25, 0.3) is 22.6 Å². The third-order valence-electron chi connectivity index (χ3n) is 2.05. The van der Waals surface area contributed by atoms with Gasteiger partial charge in [0.2, 0.25) is 0 Å². The first kappa shape index (κ1) is 8.99. The highest BCUT2D eigenvalue weighted by atomic mass is 79.9. The summed E-state index contributed by atoms with van der Waals surface area (Å²) in [4.78, 5) is 7.63. The number of fused-ring (bicyclic) bond motifs is 1. The molecule has 2 aromatic heterocycles. The van der Waals surface area contributed by atoms with Gasteiger partial charge in [0.25, 0.3) is 0 Å². The fraction of sp³-hybridized carbons (Fsp3) is 0. The average molecular weight is 281 g/mol. The molecule has 74 valence electrons. The van der Waals surface area contributed by atoms with E-state index in [0.29, 0.717) is 0 Å². The summed E-state index contributed by atoms with van der Waals surface area (Å²) in [5.74, 6) is 0.761. The lowest BCUT2D eigenvalue weighted by molar-refractivity contribution is 1.13. The van der Waals surface area contributed by atoms with Gasteiger partial charge in [0.15, 0.2) is 5.82 Å². The molecule has 2 heterocycles. The molecule has 0 atom stereocenters. The van der Waals surface area contributed by atoms with Crippen LogP contribution in [0.5, 0.6) is 0 Å². The monoisotopic (exact) mass is 280 g/mol. The molecule has 0 spiro atoms. The molecule has 0 radical (unpaired) electrons. The summed E-state index contributed by atoms with van der Waals surface area (Å²) in [7, 11) is 0. The van der Waals surface area contributed by atoms with E-state index in [2.05, 4.69) is 35.5 Å². The van der Waals surface area contributed by atoms with E-state index in [9.17, 15) is 0 Å². The average Bonchev–Trinajstić information content (AvgIpc) is 2.84. The Kier molecular flexibility index (Phi) is 2.03. The molecule has 0 amide bonds. The maximum absolute atomic E-state index is 4.42. The molecule has 0 saturated heterocycles. The van der Waals surface area contributed by atoms with Gasteiger partial charge in [-0.2, -0.15) is 0 Å². The highest BCUT2D eigenvalue weighted by Crippen LogP contribution is 2.22. The third kappa shape index (κ3) is 1.55. The molecule has 3 rings (SSSR count). The molecule has 6 heteroatoms. The van der Waals surface area contributed by atoms with Gasteiger partial charge in [0, 0.05) is 9.85 Å². The van der Waals surface area contributed by atoms with Crippen LogP contribution in [0.2, 0.25) is 0 Å². The third-order valence-corrected chi connectivity index (χ3v) is 3.04. The van der Waals surface area contributed by atoms with Crippen LogP contribution in [0.3, 0.4) is 0 Å². The van der Waals surface area contributed by atoms with Gasteiger partial charge >= 0.3 is 0 Å². The van der Waals surface area contributed by atoms with E-state index in [-0.39, 0.29) is 0 Å². The number of benzene rings is 1. The predicted molar refractivity (Wildman–Crippen MR) is 62.7 cm³/mol. The maximum Gasteiger partial charge on any atom is 0.160 e. The smallest absolute Gasteiger partial charge is 0.160 e. The van der Waals surface area contributed by atoms with Crippen LogP contribution in [0.15, 0.2) is 28.1 Å². The first-order chi connectivity index (χ1) is 7.33. The normalized spacial score (nSPS) is 11.0. The van der Waals surface area contributed by atoms with Crippen LogP contribution in [0.4, 0.5) is 0 Å². The van der Waals surface area contributed by atoms with Gasteiger partial charge < -0.3 is 4.98 Å². The standard InChI is InChI=1S/C9H5BrN4S/c10-5-1-2-6-7(3-5)12-9(11-6)8-4-15-14-13-8/h1-4H,(H,11,12). The minimum atomic E-state index is 0.761. The van der Waals surface area contributed by atoms with Crippen LogP contribution < -0.4 is 0 Å². The largest absolute Gasteiger partial charge is 0.337 e. The lowest BCUT2D eigenvalue weighted by atomic mass is 10.3. The topological polar surface area (TPSA) is 54.5 Å². The molecule has 0 fully saturated rings. The zero-order valence-corrected chi connectivity index (χ0v) is 9.84. The summed E-state index contributed by atoms with van der Waals surface area (Å²) in [5, 5.41) is 5.84. The Balaban J connectivity index is 2.22. The number of nitrogens with zero attached hydrogens (tertiary/aromatic N) is 3. The fourth-order valence-electron chi connectivity index (χ4n) is 1.37. The Morgan fingerprint density at radius 2 is 2.27 bits per heavy atom. The Hall–Kier alpha value is -1.27. The van der Waals surface area contributed by atoms with Gasteiger partial charge in [-0.25, -0.2) is 4.98 Å². The summed E-state index contributed by atoms with van der Waals surface area (Å²) >= 11 is 4.73. The van der Waals surface area contributed by atoms with Crippen molar-refractivity contribution in [3.05, 3.63) is 28.1 Å². The molecule has 0 unspecified atom stereocenters. The second kappa shape index (κ2) is 3.39. The van der Waals surface area contributed by atoms with Gasteiger partial charge in [-0.05, 0) is 29.7 Å². The Morgan fingerprint density at radius 3 is 3.07 bits per heavy atom. The molecule has 3 aromatic rings. The quantitative estimate of drug-likeness (QED) is 0.746. The Morgan fingerprint density at radius 1 is 1.33 bits per heavy atom. The molecule has 1 aromatic carbocycles. The van der Waals surface area contributed by atoms with Gasteiger partial charge in [0.05, 0.1) is 11.0 Å². The van der Waals surface area contributed by atoms with E-state index in [1.165, 1.54) is 11.5 Å². The van der Waals surface area contributed by atoms with Crippen molar-refractivity contribution in [1.29, 1.82) is 0 Å². The SMILES string of the molecule is Brc1ccc2nc(-c3csnn3)[nH]c2c1. The molecule has 0 aliphatic rings. The second-order valence-electron chi connectivity index (χ2n) is 3.04. The number of nitrogens with one attached hydrogen (secondary N) is 1. The molecule has 0 bridgehead atoms. The van der Waals surface area contributed by atoms with Crippen molar-refractivity contribution < 1.29 is 0 Å². The number of halogens is 1. The molecular weight excluding hydrogens is 276 g/mol. The minimum absolute atomic E-state index is 0.761. The second-order valence-corrected chi connectivity index (χ2v) is 4.56. The van der Waals surface area contributed by atoms with E-state index in [1.807, 2.05) is 23.6 Å². The predicted octanol–water partition coefficient (Wildman–Crippen LogP) is 2.84. The lowest BCUT2D eigenvalue weighted by Crippen LogP contribution is -1.79. The van der Waals surface area contributed by atoms with Crippen molar-refractivity contribution in [2.75, 3.05) is 0 Å². The molecular formula is C9H5BrN4S. The number of hydrogen-bond donors (Lipinski definition) is 1. The maximum atomic E-state index is 4.42. The zero-order chi connectivity index (χ0) is 10.3. The van der Waals surface area contributed by atoms with Crippen molar-refractivity contribution in [2.24, 2.45) is 0 Å². The summed E-state index contributed by atoms with van der Waals surface area (Å²) < 4.78 is 4.84. The van der Waals surface area contributed by atoms with Crippen molar-refractivity contribution >= 4 is 38.5 Å². The highest BCUT2D eigenvalue weighted by molar-refractivity contribution is 9.10. The van der Waals surface area contributed by atoms with Gasteiger partial charge in [0.1, 0.15) is 5.69 Å². The highest BCUT2D eigenvalue weighted by Gasteiger charge is 2.07. The summed E-state index contributed by atoms with van der Waals surface area (Å²) in [6, 6.07) is 5.91. The minimum Gasteiger partial charge on any atom is -0.337 e. The van der Waals surface area contributed by atoms with E-state index in [1.54, 1.807) is 0 Å². The zero-order valence-electron chi connectivity index (χ0n) is 7.44. The molecule has 0 saturated carbocycles. The van der Waals surface area contributed by atoms with E-state index < -0.39 is 0 Å². The lowest BCUT2D eigenvalue weighted by Gasteiger charge is -1.87. The number of aromatic nitrogens is 4. The van der Waals surface area contributed by atoms with Crippen molar-refractivity contribution in [1.82, 2.24) is 19.6 Å². The van der Waals surface area contributed by atoms with Gasteiger partial charge in [-0.1, -0.05) is 20.4 Å². The van der Waals surface area contributed by atoms with Gasteiger partial charge in [-0.3, -0.25) is 0 Å². The molecule has 15 heavy (non-hydrogen) atoms. The first-order valence-corrected chi connectivity index (χ1v) is 5.88. The van der Waals surface area contributed by atoms with Crippen LogP contribution in [0, 0.1) is 0 Å². The summed E-state index contributed by atoms with van der Waals surface area (Å²) in [6.07, 6.45) is 0. The summed E-state index contributed by atoms with van der Waals surface area (Å²) in [5.41, 5.74) is 2.71. The van der Waals surface area contributed by atoms with Crippen molar-refractivity contribution in [2.45, 2.75) is 0 Å². The molecule has 4 nitrogen and oxygen atoms in total. The number of imidazole rings is 1.